The first kappa shape index (κ1) is 21.6. The van der Waals surface area contributed by atoms with Crippen LogP contribution in [0.2, 0.25) is 0 Å². The quantitative estimate of drug-likeness (QED) is 0.280. The summed E-state index contributed by atoms with van der Waals surface area (Å²) in [6.45, 7) is 1.46. The van der Waals surface area contributed by atoms with Gasteiger partial charge in [-0.3, -0.25) is 19.6 Å². The van der Waals surface area contributed by atoms with E-state index in [4.69, 9.17) is 5.73 Å². The molecule has 2 aromatic rings. The van der Waals surface area contributed by atoms with Crippen molar-refractivity contribution in [3.05, 3.63) is 46.4 Å². The number of nitrogens with zero attached hydrogens (tertiary/aromatic N) is 2. The van der Waals surface area contributed by atoms with Crippen molar-refractivity contribution in [2.75, 3.05) is 14.1 Å². The number of hydrogen-bond acceptors (Lipinski definition) is 9. The van der Waals surface area contributed by atoms with Gasteiger partial charge in [0.25, 0.3) is 5.91 Å². The Balaban J connectivity index is 1.89. The van der Waals surface area contributed by atoms with Crippen molar-refractivity contribution in [3.63, 3.8) is 0 Å². The molecule has 3 aliphatic carbocycles. The number of rotatable bonds is 2. The summed E-state index contributed by atoms with van der Waals surface area (Å²) in [5, 5.41) is 63.4. The van der Waals surface area contributed by atoms with Gasteiger partial charge in [0.05, 0.1) is 34.9 Å². The van der Waals surface area contributed by atoms with E-state index in [2.05, 4.69) is 10.2 Å². The molecule has 1 amide bonds. The van der Waals surface area contributed by atoms with Gasteiger partial charge in [-0.25, -0.2) is 0 Å². The van der Waals surface area contributed by atoms with E-state index in [0.717, 1.165) is 0 Å². The molecule has 11 heteroatoms. The number of amides is 1. The van der Waals surface area contributed by atoms with Gasteiger partial charge in [0.2, 0.25) is 5.78 Å². The number of aromatic hydroxyl groups is 1. The number of likely N-dealkylation sites (N-methyl/N-ethyl adjacent to an activating group) is 1. The van der Waals surface area contributed by atoms with Gasteiger partial charge in [-0.15, -0.1) is 0 Å². The Hall–Kier alpha value is -3.25. The number of H-pyrrole nitrogens is 1. The average Bonchev–Trinajstić information content (AvgIpc) is 3.14. The number of aliphatic hydroxyl groups is 4. The molecule has 3 aliphatic rings. The maximum atomic E-state index is 13.4. The van der Waals surface area contributed by atoms with E-state index in [1.54, 1.807) is 26.2 Å². The number of ketones is 1. The van der Waals surface area contributed by atoms with Crippen molar-refractivity contribution in [1.82, 2.24) is 15.1 Å². The summed E-state index contributed by atoms with van der Waals surface area (Å²) >= 11 is 0. The number of nitrogens with two attached hydrogens (primary N) is 1. The Morgan fingerprint density at radius 2 is 1.91 bits per heavy atom. The van der Waals surface area contributed by atoms with Gasteiger partial charge in [-0.1, -0.05) is 12.1 Å². The van der Waals surface area contributed by atoms with Gasteiger partial charge in [-0.05, 0) is 32.6 Å². The molecule has 0 aliphatic heterocycles. The summed E-state index contributed by atoms with van der Waals surface area (Å²) in [6, 6.07) is 3.37. The number of phenols is 1. The summed E-state index contributed by atoms with van der Waals surface area (Å²) in [5.41, 5.74) is 1.03. The second-order valence-electron chi connectivity index (χ2n) is 9.33. The number of Topliss-reactive ketones (excluding diaryl/α,β-unsaturated/α-hetero) is 1. The number of carbonyl (C=O) groups excluding carboxylic acids is 2. The standard InChI is InChI=1S/C22H24N4O7/c1-21(32)7-5-4-6-8(27)9(7)14-10-12(21)17(29)13-15(26(2)3)16(28)11(20(23)31)19(30)22(13,33)18(10)25-24-14/h4-6,12-13,15,17,27-29,32-33H,1-3H3,(H2,23,31)(H,24,25)/t12-,13-,15+,17+,21-,22+/m1/s1. The van der Waals surface area contributed by atoms with Gasteiger partial charge >= 0.3 is 0 Å². The lowest BCUT2D eigenvalue weighted by atomic mass is 9.54. The van der Waals surface area contributed by atoms with Crippen LogP contribution in [0.25, 0.3) is 11.3 Å². The lowest BCUT2D eigenvalue weighted by Crippen LogP contribution is -2.66. The number of hydrogen-bond donors (Lipinski definition) is 7. The van der Waals surface area contributed by atoms with Crippen molar-refractivity contribution in [3.8, 4) is 17.0 Å². The van der Waals surface area contributed by atoms with Crippen LogP contribution in [-0.4, -0.2) is 78.6 Å². The highest BCUT2D eigenvalue weighted by Gasteiger charge is 2.68. The number of primary amides is 1. The van der Waals surface area contributed by atoms with Crippen LogP contribution in [0.1, 0.15) is 29.7 Å². The SMILES string of the molecule is CN(C)[C@@H]1C(O)=C(C(N)=O)C(=O)[C@@]2(O)c3[nH]nc4c3[C@H]([C@H](O)[C@@H]12)[C@](C)(O)c1cccc(O)c1-4. The van der Waals surface area contributed by atoms with Gasteiger partial charge in [0.1, 0.15) is 22.8 Å². The molecule has 6 atom stereocenters. The van der Waals surface area contributed by atoms with Crippen LogP contribution in [0.3, 0.4) is 0 Å². The minimum absolute atomic E-state index is 0.130. The molecule has 0 fully saturated rings. The van der Waals surface area contributed by atoms with Crippen LogP contribution in [-0.2, 0) is 20.8 Å². The van der Waals surface area contributed by atoms with Crippen LogP contribution >= 0.6 is 0 Å². The summed E-state index contributed by atoms with van der Waals surface area (Å²) in [5.74, 6) is -5.72. The third-order valence-electron chi connectivity index (χ3n) is 7.37. The van der Waals surface area contributed by atoms with Crippen LogP contribution < -0.4 is 5.73 Å². The molecule has 8 N–H and O–H groups in total. The molecule has 1 aromatic heterocycles. The number of nitrogens with one attached hydrogen (secondary N) is 1. The van der Waals surface area contributed by atoms with Gasteiger partial charge in [0.15, 0.2) is 5.60 Å². The highest BCUT2D eigenvalue weighted by atomic mass is 16.3. The minimum atomic E-state index is -2.51. The second-order valence-corrected chi connectivity index (χ2v) is 9.33. The van der Waals surface area contributed by atoms with Crippen molar-refractivity contribution >= 4 is 11.7 Å². The summed E-state index contributed by atoms with van der Waals surface area (Å²) in [4.78, 5) is 27.0. The normalized spacial score (nSPS) is 34.7. The number of aromatic amines is 1. The molecule has 0 saturated carbocycles. The molecule has 1 heterocycles. The van der Waals surface area contributed by atoms with Gasteiger partial charge < -0.3 is 31.3 Å². The fourth-order valence-corrected chi connectivity index (χ4v) is 6.03. The van der Waals surface area contributed by atoms with Crippen molar-refractivity contribution in [1.29, 1.82) is 0 Å². The maximum Gasteiger partial charge on any atom is 0.255 e. The molecule has 33 heavy (non-hydrogen) atoms. The number of phenolic OH excluding ortho intramolecular Hbond substituents is 1. The molecule has 5 rings (SSSR count). The third-order valence-corrected chi connectivity index (χ3v) is 7.37. The highest BCUT2D eigenvalue weighted by molar-refractivity contribution is 6.23. The Morgan fingerprint density at radius 3 is 2.52 bits per heavy atom. The van der Waals surface area contributed by atoms with Crippen LogP contribution in [0, 0.1) is 5.92 Å². The highest BCUT2D eigenvalue weighted by Crippen LogP contribution is 2.61. The zero-order valence-electron chi connectivity index (χ0n) is 18.1. The number of carbonyl (C=O) groups is 2. The topological polar surface area (TPSA) is 193 Å². The number of aliphatic hydroxyl groups excluding tert-OH is 2. The monoisotopic (exact) mass is 456 g/mol. The summed E-state index contributed by atoms with van der Waals surface area (Å²) < 4.78 is 0. The fourth-order valence-electron chi connectivity index (χ4n) is 6.03. The zero-order valence-corrected chi connectivity index (χ0v) is 18.1. The molecule has 0 spiro atoms. The Morgan fingerprint density at radius 1 is 1.24 bits per heavy atom. The third kappa shape index (κ3) is 2.34. The first-order valence-corrected chi connectivity index (χ1v) is 10.3. The van der Waals surface area contributed by atoms with E-state index in [1.807, 2.05) is 0 Å². The molecular formula is C22H24N4O7. The summed E-state index contributed by atoms with van der Waals surface area (Å²) in [6.07, 6.45) is -1.57. The van der Waals surface area contributed by atoms with Crippen molar-refractivity contribution < 1.29 is 35.1 Å². The van der Waals surface area contributed by atoms with Gasteiger partial charge in [0, 0.05) is 11.5 Å². The van der Waals surface area contributed by atoms with E-state index in [-0.39, 0.29) is 28.3 Å². The van der Waals surface area contributed by atoms with E-state index in [1.165, 1.54) is 17.9 Å². The Labute approximate surface area is 187 Å². The number of fused-ring (bicyclic) bond motifs is 4. The van der Waals surface area contributed by atoms with Crippen LogP contribution in [0.4, 0.5) is 0 Å². The smallest absolute Gasteiger partial charge is 0.255 e. The number of benzene rings is 1. The zero-order chi connectivity index (χ0) is 24.2. The van der Waals surface area contributed by atoms with Crippen LogP contribution in [0.5, 0.6) is 5.75 Å². The van der Waals surface area contributed by atoms with E-state index in [9.17, 15) is 35.1 Å². The molecule has 11 nitrogen and oxygen atoms in total. The van der Waals surface area contributed by atoms with Crippen LogP contribution in [0.15, 0.2) is 29.5 Å². The minimum Gasteiger partial charge on any atom is -0.510 e. The molecule has 0 bridgehead atoms. The lowest BCUT2D eigenvalue weighted by molar-refractivity contribution is -0.173. The second kappa shape index (κ2) is 6.41. The van der Waals surface area contributed by atoms with Crippen molar-refractivity contribution in [2.45, 2.75) is 36.2 Å². The molecule has 1 aromatic carbocycles. The first-order valence-electron chi connectivity index (χ1n) is 10.3. The van der Waals surface area contributed by atoms with Gasteiger partial charge in [-0.2, -0.15) is 5.10 Å². The largest absolute Gasteiger partial charge is 0.510 e. The Kier molecular flexibility index (Phi) is 4.20. The van der Waals surface area contributed by atoms with E-state index < -0.39 is 58.2 Å². The average molecular weight is 456 g/mol. The number of aromatic nitrogens is 2. The molecule has 0 unspecified atom stereocenters. The maximum absolute atomic E-state index is 13.4. The predicted molar refractivity (Wildman–Crippen MR) is 113 cm³/mol. The molecule has 0 radical (unpaired) electrons. The fraction of sp³-hybridized carbons (Fsp3) is 0.409. The lowest BCUT2D eigenvalue weighted by Gasteiger charge is -2.54. The molecule has 0 saturated heterocycles. The molecule has 174 valence electrons. The predicted octanol–water partition coefficient (Wildman–Crippen LogP) is -0.924. The molecular weight excluding hydrogens is 432 g/mol. The Bertz CT molecular complexity index is 1260. The summed E-state index contributed by atoms with van der Waals surface area (Å²) in [7, 11) is 3.09. The van der Waals surface area contributed by atoms with Crippen molar-refractivity contribution in [2.24, 2.45) is 11.7 Å². The van der Waals surface area contributed by atoms with E-state index >= 15 is 0 Å². The first-order chi connectivity index (χ1) is 15.4. The van der Waals surface area contributed by atoms with E-state index in [0.29, 0.717) is 5.56 Å².